The smallest absolute Gasteiger partial charge is 0.278 e. The van der Waals surface area contributed by atoms with Crippen molar-refractivity contribution in [2.24, 2.45) is 5.10 Å². The Balaban J connectivity index is 1.63. The van der Waals surface area contributed by atoms with Crippen molar-refractivity contribution >= 4 is 34.1 Å². The Morgan fingerprint density at radius 3 is 2.55 bits per heavy atom. The SMILES string of the molecule is Cc1[nH]c2ccccc2c1C1=NN(C(=O)c2ccccc2O)C(c2ccc(Cl)cc2)C1. The van der Waals surface area contributed by atoms with Gasteiger partial charge in [0.2, 0.25) is 0 Å². The number of phenolic OH excluding ortho intramolecular Hbond substituents is 1. The highest BCUT2D eigenvalue weighted by atomic mass is 35.5. The van der Waals surface area contributed by atoms with Crippen LogP contribution in [0.5, 0.6) is 5.75 Å². The number of aromatic amines is 1. The number of halogens is 1. The molecule has 31 heavy (non-hydrogen) atoms. The van der Waals surface area contributed by atoms with Crippen molar-refractivity contribution in [1.82, 2.24) is 9.99 Å². The van der Waals surface area contributed by atoms with Gasteiger partial charge in [-0.25, -0.2) is 5.01 Å². The molecule has 4 aromatic rings. The zero-order chi connectivity index (χ0) is 21.5. The van der Waals surface area contributed by atoms with E-state index in [4.69, 9.17) is 16.7 Å². The molecule has 6 heteroatoms. The van der Waals surface area contributed by atoms with Crippen LogP contribution < -0.4 is 0 Å². The average molecular weight is 430 g/mol. The lowest BCUT2D eigenvalue weighted by Gasteiger charge is -2.22. The number of fused-ring (bicyclic) bond motifs is 1. The van der Waals surface area contributed by atoms with Gasteiger partial charge in [0.05, 0.1) is 17.3 Å². The summed E-state index contributed by atoms with van der Waals surface area (Å²) in [5.41, 5.74) is 5.05. The van der Waals surface area contributed by atoms with Crippen LogP contribution >= 0.6 is 11.6 Å². The second-order valence-electron chi connectivity index (χ2n) is 7.66. The molecule has 3 aromatic carbocycles. The Kier molecular flexibility index (Phi) is 4.75. The first-order chi connectivity index (χ1) is 15.0. The summed E-state index contributed by atoms with van der Waals surface area (Å²) in [6, 6.07) is 21.8. The molecule has 1 unspecified atom stereocenters. The van der Waals surface area contributed by atoms with E-state index in [1.54, 1.807) is 18.2 Å². The number of rotatable bonds is 3. The van der Waals surface area contributed by atoms with Gasteiger partial charge in [0, 0.05) is 33.6 Å². The first-order valence-corrected chi connectivity index (χ1v) is 10.4. The van der Waals surface area contributed by atoms with Crippen LogP contribution in [0.3, 0.4) is 0 Å². The van der Waals surface area contributed by atoms with E-state index in [9.17, 15) is 9.90 Å². The zero-order valence-electron chi connectivity index (χ0n) is 16.8. The van der Waals surface area contributed by atoms with E-state index in [0.29, 0.717) is 11.4 Å². The largest absolute Gasteiger partial charge is 0.507 e. The van der Waals surface area contributed by atoms with Crippen molar-refractivity contribution in [2.45, 2.75) is 19.4 Å². The van der Waals surface area contributed by atoms with Crippen LogP contribution in [0.2, 0.25) is 5.02 Å². The van der Waals surface area contributed by atoms with E-state index < -0.39 is 0 Å². The monoisotopic (exact) mass is 429 g/mol. The number of aromatic nitrogens is 1. The molecule has 0 fully saturated rings. The molecule has 1 aliphatic heterocycles. The predicted molar refractivity (Wildman–Crippen MR) is 123 cm³/mol. The number of nitrogens with zero attached hydrogens (tertiary/aromatic N) is 2. The van der Waals surface area contributed by atoms with E-state index in [2.05, 4.69) is 11.1 Å². The summed E-state index contributed by atoms with van der Waals surface area (Å²) in [4.78, 5) is 16.8. The van der Waals surface area contributed by atoms with Crippen molar-refractivity contribution in [3.8, 4) is 5.75 Å². The van der Waals surface area contributed by atoms with Crippen molar-refractivity contribution in [2.75, 3.05) is 0 Å². The van der Waals surface area contributed by atoms with Crippen molar-refractivity contribution in [3.05, 3.63) is 100 Å². The Labute approximate surface area is 184 Å². The Morgan fingerprint density at radius 1 is 1.06 bits per heavy atom. The molecule has 0 spiro atoms. The lowest BCUT2D eigenvalue weighted by molar-refractivity contribution is 0.0708. The maximum Gasteiger partial charge on any atom is 0.278 e. The molecule has 1 aliphatic rings. The summed E-state index contributed by atoms with van der Waals surface area (Å²) in [5, 5.41) is 18.2. The first-order valence-electron chi connectivity index (χ1n) is 10.0. The van der Waals surface area contributed by atoms with Gasteiger partial charge < -0.3 is 10.1 Å². The fourth-order valence-corrected chi connectivity index (χ4v) is 4.35. The number of carbonyl (C=O) groups is 1. The van der Waals surface area contributed by atoms with Crippen LogP contribution in [-0.4, -0.2) is 26.7 Å². The fourth-order valence-electron chi connectivity index (χ4n) is 4.22. The molecular weight excluding hydrogens is 410 g/mol. The standard InChI is InChI=1S/C25H20ClN3O2/c1-15-24(18-6-2-4-8-20(18)27-15)21-14-22(16-10-12-17(26)13-11-16)29(28-21)25(31)19-7-3-5-9-23(19)30/h2-13,22,27,30H,14H2,1H3. The third-order valence-electron chi connectivity index (χ3n) is 5.69. The normalized spacial score (nSPS) is 16.0. The Morgan fingerprint density at radius 2 is 1.77 bits per heavy atom. The number of hydrazone groups is 1. The molecule has 1 aromatic heterocycles. The molecule has 2 N–H and O–H groups in total. The quantitative estimate of drug-likeness (QED) is 0.430. The highest BCUT2D eigenvalue weighted by Gasteiger charge is 2.35. The summed E-state index contributed by atoms with van der Waals surface area (Å²) >= 11 is 6.08. The second kappa shape index (κ2) is 7.60. The Bertz CT molecular complexity index is 1320. The van der Waals surface area contributed by atoms with Gasteiger partial charge in [-0.1, -0.05) is 54.1 Å². The summed E-state index contributed by atoms with van der Waals surface area (Å²) in [6.45, 7) is 2.02. The Hall–Kier alpha value is -3.57. The van der Waals surface area contributed by atoms with Crippen molar-refractivity contribution in [3.63, 3.8) is 0 Å². The van der Waals surface area contributed by atoms with Crippen LogP contribution in [0.25, 0.3) is 10.9 Å². The number of phenols is 1. The number of aromatic hydroxyl groups is 1. The zero-order valence-corrected chi connectivity index (χ0v) is 17.6. The number of para-hydroxylation sites is 2. The second-order valence-corrected chi connectivity index (χ2v) is 8.09. The first kappa shape index (κ1) is 19.4. The molecule has 1 amide bonds. The molecule has 0 saturated heterocycles. The summed E-state index contributed by atoms with van der Waals surface area (Å²) in [7, 11) is 0. The molecular formula is C25H20ClN3O2. The minimum Gasteiger partial charge on any atom is -0.507 e. The number of hydrogen-bond donors (Lipinski definition) is 2. The fraction of sp³-hybridized carbons (Fsp3) is 0.120. The molecule has 0 aliphatic carbocycles. The van der Waals surface area contributed by atoms with E-state index in [1.807, 2.05) is 49.4 Å². The number of nitrogens with one attached hydrogen (secondary N) is 1. The van der Waals surface area contributed by atoms with Crippen LogP contribution in [-0.2, 0) is 0 Å². The molecule has 154 valence electrons. The number of H-pyrrole nitrogens is 1. The lowest BCUT2D eigenvalue weighted by atomic mass is 9.96. The molecule has 0 saturated carbocycles. The van der Waals surface area contributed by atoms with Gasteiger partial charge in [0.1, 0.15) is 5.75 Å². The third kappa shape index (κ3) is 3.37. The molecule has 0 bridgehead atoms. The van der Waals surface area contributed by atoms with Gasteiger partial charge in [-0.15, -0.1) is 0 Å². The third-order valence-corrected chi connectivity index (χ3v) is 5.94. The van der Waals surface area contributed by atoms with Crippen LogP contribution in [0, 0.1) is 6.92 Å². The van der Waals surface area contributed by atoms with Gasteiger partial charge in [0.25, 0.3) is 5.91 Å². The molecule has 1 atom stereocenters. The topological polar surface area (TPSA) is 68.7 Å². The maximum absolute atomic E-state index is 13.4. The van der Waals surface area contributed by atoms with Crippen molar-refractivity contribution in [1.29, 1.82) is 0 Å². The predicted octanol–water partition coefficient (Wildman–Crippen LogP) is 5.83. The van der Waals surface area contributed by atoms with Crippen LogP contribution in [0.15, 0.2) is 77.9 Å². The van der Waals surface area contributed by atoms with Gasteiger partial charge in [-0.05, 0) is 42.8 Å². The highest BCUT2D eigenvalue weighted by Crippen LogP contribution is 2.37. The molecule has 5 rings (SSSR count). The van der Waals surface area contributed by atoms with Crippen LogP contribution in [0.1, 0.15) is 39.6 Å². The maximum atomic E-state index is 13.4. The minimum atomic E-state index is -0.342. The summed E-state index contributed by atoms with van der Waals surface area (Å²) < 4.78 is 0. The van der Waals surface area contributed by atoms with E-state index in [0.717, 1.165) is 33.4 Å². The van der Waals surface area contributed by atoms with Gasteiger partial charge in [-0.3, -0.25) is 4.79 Å². The average Bonchev–Trinajstić information content (AvgIpc) is 3.34. The van der Waals surface area contributed by atoms with Gasteiger partial charge in [0.15, 0.2) is 0 Å². The van der Waals surface area contributed by atoms with Gasteiger partial charge >= 0.3 is 0 Å². The van der Waals surface area contributed by atoms with E-state index in [1.165, 1.54) is 11.1 Å². The van der Waals surface area contributed by atoms with Crippen LogP contribution in [0.4, 0.5) is 0 Å². The number of benzene rings is 3. The molecule has 2 heterocycles. The summed E-state index contributed by atoms with van der Waals surface area (Å²) in [5.74, 6) is -0.403. The van der Waals surface area contributed by atoms with Crippen molar-refractivity contribution < 1.29 is 9.90 Å². The van der Waals surface area contributed by atoms with E-state index >= 15 is 0 Å². The number of carbonyl (C=O) groups excluding carboxylic acids is 1. The molecule has 5 nitrogen and oxygen atoms in total. The highest BCUT2D eigenvalue weighted by molar-refractivity contribution is 6.30. The summed E-state index contributed by atoms with van der Waals surface area (Å²) in [6.07, 6.45) is 0.559. The minimum absolute atomic E-state index is 0.0609. The lowest BCUT2D eigenvalue weighted by Crippen LogP contribution is -2.27. The van der Waals surface area contributed by atoms with E-state index in [-0.39, 0.29) is 23.3 Å². The van der Waals surface area contributed by atoms with Gasteiger partial charge in [-0.2, -0.15) is 5.10 Å². The molecule has 0 radical (unpaired) electrons. The number of aryl methyl sites for hydroxylation is 1. The number of hydrogen-bond acceptors (Lipinski definition) is 3. The number of amides is 1.